The lowest BCUT2D eigenvalue weighted by molar-refractivity contribution is 0.268. The number of hydrogen-bond acceptors (Lipinski definition) is 2. The van der Waals surface area contributed by atoms with Crippen molar-refractivity contribution in [2.45, 2.75) is 26.8 Å². The SMILES string of the molecule is Cc1cc(-c2ccc(C(N)CO)cc2)cc(C)c1C. The Balaban J connectivity index is 2.37. The number of aliphatic hydroxyl groups is 1. The molecule has 0 heterocycles. The van der Waals surface area contributed by atoms with E-state index in [1.165, 1.54) is 27.8 Å². The average Bonchev–Trinajstić information content (AvgIpc) is 2.43. The number of hydrogen-bond donors (Lipinski definition) is 2. The molecule has 1 unspecified atom stereocenters. The molecule has 0 aliphatic heterocycles. The second-order valence-corrected chi connectivity index (χ2v) is 5.15. The summed E-state index contributed by atoms with van der Waals surface area (Å²) in [5.74, 6) is 0. The van der Waals surface area contributed by atoms with Crippen molar-refractivity contribution in [2.75, 3.05) is 6.61 Å². The third-order valence-electron chi connectivity index (χ3n) is 3.80. The minimum absolute atomic E-state index is 0.0257. The van der Waals surface area contributed by atoms with E-state index in [4.69, 9.17) is 10.8 Å². The first-order chi connectivity index (χ1) is 9.02. The molecule has 0 amide bonds. The molecule has 0 bridgehead atoms. The highest BCUT2D eigenvalue weighted by Crippen LogP contribution is 2.25. The summed E-state index contributed by atoms with van der Waals surface area (Å²) < 4.78 is 0. The van der Waals surface area contributed by atoms with E-state index in [-0.39, 0.29) is 12.6 Å². The Morgan fingerprint density at radius 3 is 1.95 bits per heavy atom. The second-order valence-electron chi connectivity index (χ2n) is 5.15. The smallest absolute Gasteiger partial charge is 0.0624 e. The summed E-state index contributed by atoms with van der Waals surface area (Å²) in [4.78, 5) is 0. The van der Waals surface area contributed by atoms with E-state index >= 15 is 0 Å². The summed E-state index contributed by atoms with van der Waals surface area (Å²) in [6, 6.07) is 12.2. The zero-order valence-electron chi connectivity index (χ0n) is 11.8. The van der Waals surface area contributed by atoms with E-state index in [9.17, 15) is 0 Å². The van der Waals surface area contributed by atoms with Crippen LogP contribution in [0, 0.1) is 20.8 Å². The van der Waals surface area contributed by atoms with Crippen LogP contribution in [0.1, 0.15) is 28.3 Å². The molecule has 2 rings (SSSR count). The van der Waals surface area contributed by atoms with Crippen LogP contribution in [0.25, 0.3) is 11.1 Å². The highest BCUT2D eigenvalue weighted by Gasteiger charge is 2.06. The average molecular weight is 255 g/mol. The number of benzene rings is 2. The maximum Gasteiger partial charge on any atom is 0.0624 e. The first-order valence-electron chi connectivity index (χ1n) is 6.57. The van der Waals surface area contributed by atoms with Crippen molar-refractivity contribution in [3.05, 3.63) is 58.7 Å². The molecule has 0 aliphatic rings. The summed E-state index contributed by atoms with van der Waals surface area (Å²) in [5.41, 5.74) is 13.1. The summed E-state index contributed by atoms with van der Waals surface area (Å²) >= 11 is 0. The molecular formula is C17H21NO. The van der Waals surface area contributed by atoms with Gasteiger partial charge in [0.05, 0.1) is 12.6 Å². The maximum atomic E-state index is 9.05. The fraction of sp³-hybridized carbons (Fsp3) is 0.294. The van der Waals surface area contributed by atoms with Crippen molar-refractivity contribution >= 4 is 0 Å². The van der Waals surface area contributed by atoms with Crippen molar-refractivity contribution in [1.82, 2.24) is 0 Å². The van der Waals surface area contributed by atoms with E-state index < -0.39 is 0 Å². The van der Waals surface area contributed by atoms with E-state index in [0.717, 1.165) is 5.56 Å². The minimum Gasteiger partial charge on any atom is -0.394 e. The van der Waals surface area contributed by atoms with Gasteiger partial charge in [-0.1, -0.05) is 36.4 Å². The van der Waals surface area contributed by atoms with Gasteiger partial charge >= 0.3 is 0 Å². The molecule has 3 N–H and O–H groups in total. The Morgan fingerprint density at radius 1 is 0.947 bits per heavy atom. The quantitative estimate of drug-likeness (QED) is 0.884. The molecule has 0 saturated carbocycles. The van der Waals surface area contributed by atoms with Crippen LogP contribution in [-0.4, -0.2) is 11.7 Å². The molecule has 0 radical (unpaired) electrons. The zero-order valence-corrected chi connectivity index (χ0v) is 11.8. The van der Waals surface area contributed by atoms with Crippen molar-refractivity contribution in [1.29, 1.82) is 0 Å². The third-order valence-corrected chi connectivity index (χ3v) is 3.80. The number of aryl methyl sites for hydroxylation is 2. The molecule has 2 nitrogen and oxygen atoms in total. The van der Waals surface area contributed by atoms with Gasteiger partial charge in [0.1, 0.15) is 0 Å². The Morgan fingerprint density at radius 2 is 1.47 bits per heavy atom. The molecule has 2 aromatic carbocycles. The number of nitrogens with two attached hydrogens (primary N) is 1. The number of aliphatic hydroxyl groups excluding tert-OH is 1. The van der Waals surface area contributed by atoms with Crippen molar-refractivity contribution in [3.63, 3.8) is 0 Å². The van der Waals surface area contributed by atoms with Crippen LogP contribution in [0.2, 0.25) is 0 Å². The first kappa shape index (κ1) is 13.8. The van der Waals surface area contributed by atoms with Gasteiger partial charge in [0.25, 0.3) is 0 Å². The normalized spacial score (nSPS) is 12.5. The molecule has 0 aromatic heterocycles. The van der Waals surface area contributed by atoms with Gasteiger partial charge in [-0.15, -0.1) is 0 Å². The van der Waals surface area contributed by atoms with Gasteiger partial charge < -0.3 is 10.8 Å². The van der Waals surface area contributed by atoms with Crippen molar-refractivity contribution in [2.24, 2.45) is 5.73 Å². The minimum atomic E-state index is -0.296. The van der Waals surface area contributed by atoms with Gasteiger partial charge in [0, 0.05) is 0 Å². The van der Waals surface area contributed by atoms with Crippen LogP contribution in [0.3, 0.4) is 0 Å². The van der Waals surface area contributed by atoms with E-state index in [1.54, 1.807) is 0 Å². The number of rotatable bonds is 3. The van der Waals surface area contributed by atoms with E-state index in [0.29, 0.717) is 0 Å². The van der Waals surface area contributed by atoms with Crippen molar-refractivity contribution < 1.29 is 5.11 Å². The maximum absolute atomic E-state index is 9.05. The Labute approximate surface area is 114 Å². The molecule has 2 aromatic rings. The van der Waals surface area contributed by atoms with Gasteiger partial charge in [0.15, 0.2) is 0 Å². The zero-order chi connectivity index (χ0) is 14.0. The Bertz CT molecular complexity index is 549. The standard InChI is InChI=1S/C17H21NO/c1-11-8-16(9-12(2)13(11)3)14-4-6-15(7-5-14)17(18)10-19/h4-9,17,19H,10,18H2,1-3H3. The summed E-state index contributed by atoms with van der Waals surface area (Å²) in [5, 5.41) is 9.05. The van der Waals surface area contributed by atoms with Crippen LogP contribution in [0.5, 0.6) is 0 Å². The molecule has 19 heavy (non-hydrogen) atoms. The molecule has 0 aliphatic carbocycles. The van der Waals surface area contributed by atoms with Gasteiger partial charge in [-0.2, -0.15) is 0 Å². The molecule has 0 fully saturated rings. The van der Waals surface area contributed by atoms with E-state index in [1.807, 2.05) is 12.1 Å². The van der Waals surface area contributed by atoms with Crippen LogP contribution in [0.4, 0.5) is 0 Å². The van der Waals surface area contributed by atoms with Gasteiger partial charge in [-0.05, 0) is 54.2 Å². The first-order valence-corrected chi connectivity index (χ1v) is 6.57. The van der Waals surface area contributed by atoms with Crippen LogP contribution >= 0.6 is 0 Å². The van der Waals surface area contributed by atoms with Crippen LogP contribution in [-0.2, 0) is 0 Å². The van der Waals surface area contributed by atoms with Crippen LogP contribution < -0.4 is 5.73 Å². The molecule has 1 atom stereocenters. The van der Waals surface area contributed by atoms with Gasteiger partial charge in [-0.3, -0.25) is 0 Å². The molecule has 0 spiro atoms. The highest BCUT2D eigenvalue weighted by atomic mass is 16.3. The summed E-state index contributed by atoms with van der Waals surface area (Å²) in [6.07, 6.45) is 0. The second kappa shape index (κ2) is 5.55. The topological polar surface area (TPSA) is 46.2 Å². The van der Waals surface area contributed by atoms with Crippen molar-refractivity contribution in [3.8, 4) is 11.1 Å². The Hall–Kier alpha value is -1.64. The predicted molar refractivity (Wildman–Crippen MR) is 80.1 cm³/mol. The molecule has 0 saturated heterocycles. The van der Waals surface area contributed by atoms with Gasteiger partial charge in [0.2, 0.25) is 0 Å². The fourth-order valence-corrected chi connectivity index (χ4v) is 2.23. The monoisotopic (exact) mass is 255 g/mol. The lowest BCUT2D eigenvalue weighted by Gasteiger charge is -2.12. The summed E-state index contributed by atoms with van der Waals surface area (Å²) in [6.45, 7) is 6.41. The van der Waals surface area contributed by atoms with Gasteiger partial charge in [-0.25, -0.2) is 0 Å². The largest absolute Gasteiger partial charge is 0.394 e. The highest BCUT2D eigenvalue weighted by molar-refractivity contribution is 5.66. The molecule has 2 heteroatoms. The predicted octanol–water partition coefficient (Wildman–Crippen LogP) is 3.27. The third kappa shape index (κ3) is 2.86. The molecular weight excluding hydrogens is 234 g/mol. The van der Waals surface area contributed by atoms with Crippen LogP contribution in [0.15, 0.2) is 36.4 Å². The summed E-state index contributed by atoms with van der Waals surface area (Å²) in [7, 11) is 0. The Kier molecular flexibility index (Phi) is 4.03. The van der Waals surface area contributed by atoms with E-state index in [2.05, 4.69) is 45.0 Å². The lowest BCUT2D eigenvalue weighted by atomic mass is 9.95. The fourth-order valence-electron chi connectivity index (χ4n) is 2.23. The lowest BCUT2D eigenvalue weighted by Crippen LogP contribution is -2.14. The molecule has 100 valence electrons.